The number of sulfonamides is 1. The Hall–Kier alpha value is -1.80. The summed E-state index contributed by atoms with van der Waals surface area (Å²) in [6.45, 7) is 0. The second kappa shape index (κ2) is 7.40. The van der Waals surface area contributed by atoms with Crippen LogP contribution in [0.5, 0.6) is 5.75 Å². The number of nitrogens with two attached hydrogens (primary N) is 1. The van der Waals surface area contributed by atoms with Crippen LogP contribution in [0, 0.1) is 0 Å². The number of amides is 1. The van der Waals surface area contributed by atoms with E-state index in [4.69, 9.17) is 33.1 Å². The number of rotatable bonds is 5. The Morgan fingerprint density at radius 1 is 1.21 bits per heavy atom. The van der Waals surface area contributed by atoms with E-state index in [-0.39, 0.29) is 17.0 Å². The van der Waals surface area contributed by atoms with E-state index in [9.17, 15) is 13.2 Å². The summed E-state index contributed by atoms with van der Waals surface area (Å²) in [5, 5.41) is 8.40. The number of hydrogen-bond donors (Lipinski definition) is 2. The Kier molecular flexibility index (Phi) is 5.71. The lowest BCUT2D eigenvalue weighted by atomic mass is 10.1. The number of halogens is 2. The molecule has 0 atom stereocenters. The third-order valence-corrected chi connectivity index (χ3v) is 4.79. The Balaban J connectivity index is 2.28. The van der Waals surface area contributed by atoms with Gasteiger partial charge in [0.15, 0.2) is 0 Å². The first-order valence-electron chi connectivity index (χ1n) is 6.66. The number of methoxy groups -OCH3 is 1. The third kappa shape index (κ3) is 4.39. The van der Waals surface area contributed by atoms with Crippen molar-refractivity contribution in [3.05, 3.63) is 52.0 Å². The average Bonchev–Trinajstić information content (AvgIpc) is 2.50. The van der Waals surface area contributed by atoms with Crippen molar-refractivity contribution < 1.29 is 17.9 Å². The molecule has 0 radical (unpaired) electrons. The van der Waals surface area contributed by atoms with Gasteiger partial charge in [-0.2, -0.15) is 0 Å². The van der Waals surface area contributed by atoms with Crippen molar-refractivity contribution in [2.75, 3.05) is 12.4 Å². The number of anilines is 1. The van der Waals surface area contributed by atoms with Crippen LogP contribution in [-0.4, -0.2) is 21.4 Å². The molecular weight excluding hydrogens is 375 g/mol. The smallest absolute Gasteiger partial charge is 0.238 e. The van der Waals surface area contributed by atoms with Gasteiger partial charge in [0, 0.05) is 10.0 Å². The van der Waals surface area contributed by atoms with Crippen molar-refractivity contribution in [3.8, 4) is 5.75 Å². The van der Waals surface area contributed by atoms with Crippen molar-refractivity contribution in [1.82, 2.24) is 0 Å². The quantitative estimate of drug-likeness (QED) is 0.822. The van der Waals surface area contributed by atoms with Crippen LogP contribution in [-0.2, 0) is 21.2 Å². The van der Waals surface area contributed by atoms with Crippen LogP contribution in [0.1, 0.15) is 5.56 Å². The minimum Gasteiger partial charge on any atom is -0.495 e. The van der Waals surface area contributed by atoms with Gasteiger partial charge >= 0.3 is 0 Å². The first-order chi connectivity index (χ1) is 11.2. The molecule has 2 aromatic rings. The normalized spacial score (nSPS) is 11.2. The molecule has 9 heteroatoms. The topological polar surface area (TPSA) is 98.5 Å². The highest BCUT2D eigenvalue weighted by atomic mass is 35.5. The van der Waals surface area contributed by atoms with Crippen molar-refractivity contribution in [1.29, 1.82) is 0 Å². The number of ether oxygens (including phenoxy) is 1. The van der Waals surface area contributed by atoms with Gasteiger partial charge in [-0.3, -0.25) is 4.79 Å². The Morgan fingerprint density at radius 3 is 2.38 bits per heavy atom. The lowest BCUT2D eigenvalue weighted by Crippen LogP contribution is -2.17. The second-order valence-corrected chi connectivity index (χ2v) is 7.21. The van der Waals surface area contributed by atoms with Gasteiger partial charge < -0.3 is 10.1 Å². The average molecular weight is 389 g/mol. The van der Waals surface area contributed by atoms with Crippen LogP contribution in [0.4, 0.5) is 5.69 Å². The van der Waals surface area contributed by atoms with Crippen LogP contribution in [0.2, 0.25) is 10.0 Å². The fraction of sp³-hybridized carbons (Fsp3) is 0.133. The van der Waals surface area contributed by atoms with Crippen LogP contribution < -0.4 is 15.2 Å². The molecule has 0 aromatic heterocycles. The molecule has 0 aliphatic rings. The summed E-state index contributed by atoms with van der Waals surface area (Å²) in [6, 6.07) is 8.83. The zero-order chi connectivity index (χ0) is 17.9. The molecule has 0 aliphatic heterocycles. The molecule has 2 rings (SSSR count). The van der Waals surface area contributed by atoms with Gasteiger partial charge in [-0.15, -0.1) is 0 Å². The molecule has 0 heterocycles. The molecule has 0 saturated heterocycles. The highest BCUT2D eigenvalue weighted by molar-refractivity contribution is 7.89. The maximum absolute atomic E-state index is 12.3. The lowest BCUT2D eigenvalue weighted by molar-refractivity contribution is -0.115. The Bertz CT molecular complexity index is 865. The zero-order valence-electron chi connectivity index (χ0n) is 12.5. The first kappa shape index (κ1) is 18.5. The molecule has 3 N–H and O–H groups in total. The van der Waals surface area contributed by atoms with Gasteiger partial charge in [0.1, 0.15) is 5.75 Å². The fourth-order valence-electron chi connectivity index (χ4n) is 2.02. The Labute approximate surface area is 149 Å². The summed E-state index contributed by atoms with van der Waals surface area (Å²) in [5.41, 5.74) is 0.650. The molecule has 0 saturated carbocycles. The molecule has 6 nitrogen and oxygen atoms in total. The summed E-state index contributed by atoms with van der Waals surface area (Å²) in [6.07, 6.45) is -0.0821. The number of benzene rings is 2. The lowest BCUT2D eigenvalue weighted by Gasteiger charge is -2.12. The van der Waals surface area contributed by atoms with E-state index in [0.29, 0.717) is 21.4 Å². The van der Waals surface area contributed by atoms with Crippen LogP contribution >= 0.6 is 23.2 Å². The SMILES string of the molecule is COc1ccc(S(N)(=O)=O)cc1NC(=O)Cc1c(Cl)cccc1Cl. The highest BCUT2D eigenvalue weighted by Gasteiger charge is 2.16. The van der Waals surface area contributed by atoms with Crippen molar-refractivity contribution in [2.45, 2.75) is 11.3 Å². The molecule has 0 fully saturated rings. The van der Waals surface area contributed by atoms with Crippen molar-refractivity contribution >= 4 is 44.8 Å². The minimum atomic E-state index is -3.91. The van der Waals surface area contributed by atoms with Gasteiger partial charge in [0.2, 0.25) is 15.9 Å². The molecule has 128 valence electrons. The highest BCUT2D eigenvalue weighted by Crippen LogP contribution is 2.29. The van der Waals surface area contributed by atoms with Gasteiger partial charge in [0.25, 0.3) is 0 Å². The van der Waals surface area contributed by atoms with Gasteiger partial charge in [0.05, 0.1) is 24.1 Å². The first-order valence-corrected chi connectivity index (χ1v) is 8.96. The zero-order valence-corrected chi connectivity index (χ0v) is 14.9. The number of nitrogens with one attached hydrogen (secondary N) is 1. The predicted octanol–water partition coefficient (Wildman–Crippen LogP) is 2.83. The van der Waals surface area contributed by atoms with E-state index in [1.807, 2.05) is 0 Å². The fourth-order valence-corrected chi connectivity index (χ4v) is 3.09. The molecule has 0 spiro atoms. The summed E-state index contributed by atoms with van der Waals surface area (Å²) in [7, 11) is -2.51. The number of carbonyl (C=O) groups is 1. The minimum absolute atomic E-state index is 0.0821. The van der Waals surface area contributed by atoms with Crippen LogP contribution in [0.3, 0.4) is 0 Å². The van der Waals surface area contributed by atoms with E-state index >= 15 is 0 Å². The molecule has 0 aliphatic carbocycles. The third-order valence-electron chi connectivity index (χ3n) is 3.17. The second-order valence-electron chi connectivity index (χ2n) is 4.83. The van der Waals surface area contributed by atoms with Gasteiger partial charge in [-0.05, 0) is 35.9 Å². The summed E-state index contributed by atoms with van der Waals surface area (Å²) in [5.74, 6) is -0.143. The molecule has 0 unspecified atom stereocenters. The molecule has 0 bridgehead atoms. The van der Waals surface area contributed by atoms with Crippen LogP contribution in [0.15, 0.2) is 41.3 Å². The van der Waals surface area contributed by atoms with E-state index in [1.165, 1.54) is 25.3 Å². The standard InChI is InChI=1S/C15H14Cl2N2O4S/c1-23-14-6-5-9(24(18,21)22)7-13(14)19-15(20)8-10-11(16)3-2-4-12(10)17/h2-7H,8H2,1H3,(H,19,20)(H2,18,21,22). The van der Waals surface area contributed by atoms with Gasteiger partial charge in [-0.1, -0.05) is 29.3 Å². The Morgan fingerprint density at radius 2 is 1.83 bits per heavy atom. The molecular formula is C15H14Cl2N2O4S. The monoisotopic (exact) mass is 388 g/mol. The molecule has 2 aromatic carbocycles. The number of carbonyl (C=O) groups excluding carboxylic acids is 1. The summed E-state index contributed by atoms with van der Waals surface area (Å²) >= 11 is 12.1. The van der Waals surface area contributed by atoms with Crippen molar-refractivity contribution in [2.24, 2.45) is 5.14 Å². The summed E-state index contributed by atoms with van der Waals surface area (Å²) in [4.78, 5) is 12.1. The maximum Gasteiger partial charge on any atom is 0.238 e. The van der Waals surface area contributed by atoms with E-state index < -0.39 is 15.9 Å². The number of primary sulfonamides is 1. The van der Waals surface area contributed by atoms with E-state index in [0.717, 1.165) is 0 Å². The summed E-state index contributed by atoms with van der Waals surface area (Å²) < 4.78 is 28.0. The van der Waals surface area contributed by atoms with Crippen LogP contribution in [0.25, 0.3) is 0 Å². The largest absolute Gasteiger partial charge is 0.495 e. The molecule has 1 amide bonds. The number of hydrogen-bond acceptors (Lipinski definition) is 4. The predicted molar refractivity (Wildman–Crippen MR) is 93.2 cm³/mol. The maximum atomic E-state index is 12.3. The van der Waals surface area contributed by atoms with E-state index in [1.54, 1.807) is 18.2 Å². The van der Waals surface area contributed by atoms with Crippen molar-refractivity contribution in [3.63, 3.8) is 0 Å². The molecule has 24 heavy (non-hydrogen) atoms. The van der Waals surface area contributed by atoms with E-state index in [2.05, 4.69) is 5.32 Å². The van der Waals surface area contributed by atoms with Gasteiger partial charge in [-0.25, -0.2) is 13.6 Å².